The van der Waals surface area contributed by atoms with Gasteiger partial charge < -0.3 is 9.53 Å². The monoisotopic (exact) mass is 261 g/mol. The fourth-order valence-corrected chi connectivity index (χ4v) is 1.65. The molecule has 4 nitrogen and oxygen atoms in total. The zero-order valence-electron chi connectivity index (χ0n) is 11.2. The van der Waals surface area contributed by atoms with Crippen molar-refractivity contribution in [3.8, 4) is 0 Å². The summed E-state index contributed by atoms with van der Waals surface area (Å²) in [4.78, 5) is 26.4. The number of ether oxygens (including phenoxy) is 1. The van der Waals surface area contributed by atoms with Gasteiger partial charge in [-0.1, -0.05) is 30.3 Å². The van der Waals surface area contributed by atoms with Crippen LogP contribution in [0.5, 0.6) is 0 Å². The number of esters is 1. The standard InChI is InChI=1S/C15H19NO3/c1-12(17)7-6-10-14(16-2)15(18)19-11-13-8-4-3-5-9-13/h3-5,8-9,14H,2,6-7,10-11H2,1H3/t14-/m0/s1. The number of aliphatic imine (C=N–C) groups is 1. The first-order valence-electron chi connectivity index (χ1n) is 6.29. The summed E-state index contributed by atoms with van der Waals surface area (Å²) in [5.41, 5.74) is 0.933. The third-order valence-electron chi connectivity index (χ3n) is 2.72. The van der Waals surface area contributed by atoms with Gasteiger partial charge in [-0.25, -0.2) is 4.79 Å². The molecule has 0 fully saturated rings. The lowest BCUT2D eigenvalue weighted by molar-refractivity contribution is -0.146. The van der Waals surface area contributed by atoms with Gasteiger partial charge >= 0.3 is 5.97 Å². The van der Waals surface area contributed by atoms with Crippen LogP contribution in [0.2, 0.25) is 0 Å². The van der Waals surface area contributed by atoms with Crippen molar-refractivity contribution in [3.05, 3.63) is 35.9 Å². The normalized spacial score (nSPS) is 11.6. The molecule has 1 aromatic carbocycles. The van der Waals surface area contributed by atoms with Crippen LogP contribution in [0.15, 0.2) is 35.3 Å². The highest BCUT2D eigenvalue weighted by Crippen LogP contribution is 2.09. The van der Waals surface area contributed by atoms with Gasteiger partial charge in [0.2, 0.25) is 0 Å². The highest BCUT2D eigenvalue weighted by atomic mass is 16.5. The van der Waals surface area contributed by atoms with E-state index in [4.69, 9.17) is 4.74 Å². The fraction of sp³-hybridized carbons (Fsp3) is 0.400. The number of rotatable bonds is 8. The average Bonchev–Trinajstić information content (AvgIpc) is 2.42. The molecule has 0 N–H and O–H groups in total. The Morgan fingerprint density at radius 3 is 2.58 bits per heavy atom. The zero-order chi connectivity index (χ0) is 14.1. The quantitative estimate of drug-likeness (QED) is 0.534. The highest BCUT2D eigenvalue weighted by Gasteiger charge is 2.17. The molecule has 0 bridgehead atoms. The summed E-state index contributed by atoms with van der Waals surface area (Å²) >= 11 is 0. The Morgan fingerprint density at radius 1 is 1.32 bits per heavy atom. The van der Waals surface area contributed by atoms with Gasteiger partial charge in [0.25, 0.3) is 0 Å². The van der Waals surface area contributed by atoms with Gasteiger partial charge in [-0.15, -0.1) is 0 Å². The average molecular weight is 261 g/mol. The van der Waals surface area contributed by atoms with E-state index in [1.807, 2.05) is 30.3 Å². The predicted octanol–water partition coefficient (Wildman–Crippen LogP) is 2.56. The summed E-state index contributed by atoms with van der Waals surface area (Å²) in [6, 6.07) is 8.88. The van der Waals surface area contributed by atoms with Crippen molar-refractivity contribution in [1.82, 2.24) is 0 Å². The van der Waals surface area contributed by atoms with Gasteiger partial charge in [-0.2, -0.15) is 0 Å². The van der Waals surface area contributed by atoms with Crippen LogP contribution in [0.4, 0.5) is 0 Å². The minimum atomic E-state index is -0.580. The summed E-state index contributed by atoms with van der Waals surface area (Å²) in [5.74, 6) is -0.275. The molecule has 1 rings (SSSR count). The zero-order valence-corrected chi connectivity index (χ0v) is 11.2. The number of hydrogen-bond donors (Lipinski definition) is 0. The number of Topliss-reactive ketones (excluding diaryl/α,β-unsaturated/α-hetero) is 1. The molecule has 4 heteroatoms. The topological polar surface area (TPSA) is 55.7 Å². The van der Waals surface area contributed by atoms with E-state index in [1.54, 1.807) is 0 Å². The molecular weight excluding hydrogens is 242 g/mol. The fourth-order valence-electron chi connectivity index (χ4n) is 1.65. The molecule has 1 atom stereocenters. The highest BCUT2D eigenvalue weighted by molar-refractivity contribution is 5.77. The van der Waals surface area contributed by atoms with Crippen LogP contribution in [-0.4, -0.2) is 24.5 Å². The van der Waals surface area contributed by atoms with Gasteiger partial charge in [-0.05, 0) is 32.0 Å². The Labute approximate surface area is 113 Å². The van der Waals surface area contributed by atoms with Gasteiger partial charge in [-0.3, -0.25) is 4.99 Å². The Balaban J connectivity index is 2.37. The van der Waals surface area contributed by atoms with Crippen LogP contribution in [0.3, 0.4) is 0 Å². The lowest BCUT2D eigenvalue weighted by atomic mass is 10.1. The molecule has 0 unspecified atom stereocenters. The number of hydrogen-bond acceptors (Lipinski definition) is 4. The van der Waals surface area contributed by atoms with Crippen molar-refractivity contribution in [3.63, 3.8) is 0 Å². The van der Waals surface area contributed by atoms with Crippen LogP contribution in [0.25, 0.3) is 0 Å². The van der Waals surface area contributed by atoms with Crippen molar-refractivity contribution >= 4 is 18.5 Å². The van der Waals surface area contributed by atoms with Gasteiger partial charge in [0.05, 0.1) is 0 Å². The largest absolute Gasteiger partial charge is 0.459 e. The molecule has 0 aliphatic heterocycles. The molecule has 0 heterocycles. The van der Waals surface area contributed by atoms with E-state index in [0.717, 1.165) is 5.56 Å². The lowest BCUT2D eigenvalue weighted by Gasteiger charge is -2.11. The maximum absolute atomic E-state index is 11.8. The van der Waals surface area contributed by atoms with E-state index >= 15 is 0 Å². The Morgan fingerprint density at radius 2 is 2.00 bits per heavy atom. The smallest absolute Gasteiger partial charge is 0.331 e. The molecule has 0 aliphatic rings. The first kappa shape index (κ1) is 15.1. The molecule has 0 spiro atoms. The lowest BCUT2D eigenvalue weighted by Crippen LogP contribution is -2.21. The van der Waals surface area contributed by atoms with Crippen LogP contribution in [0.1, 0.15) is 31.7 Å². The molecule has 0 saturated carbocycles. The van der Waals surface area contributed by atoms with Crippen molar-refractivity contribution in [1.29, 1.82) is 0 Å². The summed E-state index contributed by atoms with van der Waals surface area (Å²) in [6.07, 6.45) is 1.58. The second-order valence-corrected chi connectivity index (χ2v) is 4.39. The SMILES string of the molecule is C=N[C@@H](CCCC(C)=O)C(=O)OCc1ccccc1. The summed E-state index contributed by atoms with van der Waals surface area (Å²) < 4.78 is 5.18. The molecule has 0 aliphatic carbocycles. The maximum atomic E-state index is 11.8. The van der Waals surface area contributed by atoms with Crippen LogP contribution in [0, 0.1) is 0 Å². The summed E-state index contributed by atoms with van der Waals surface area (Å²) in [6.45, 7) is 5.17. The van der Waals surface area contributed by atoms with Crippen molar-refractivity contribution in [2.75, 3.05) is 0 Å². The molecular formula is C15H19NO3. The van der Waals surface area contributed by atoms with Crippen LogP contribution < -0.4 is 0 Å². The molecule has 0 aromatic heterocycles. The van der Waals surface area contributed by atoms with E-state index in [-0.39, 0.29) is 18.4 Å². The maximum Gasteiger partial charge on any atom is 0.331 e. The first-order chi connectivity index (χ1) is 9.13. The summed E-state index contributed by atoms with van der Waals surface area (Å²) in [5, 5.41) is 0. The number of carbonyl (C=O) groups excluding carboxylic acids is 2. The van der Waals surface area contributed by atoms with E-state index in [2.05, 4.69) is 11.7 Å². The molecule has 0 saturated heterocycles. The number of benzene rings is 1. The predicted molar refractivity (Wildman–Crippen MR) is 74.1 cm³/mol. The van der Waals surface area contributed by atoms with Crippen molar-refractivity contribution in [2.24, 2.45) is 4.99 Å². The number of nitrogens with zero attached hydrogens (tertiary/aromatic N) is 1. The number of ketones is 1. The third kappa shape index (κ3) is 5.95. The van der Waals surface area contributed by atoms with E-state index < -0.39 is 6.04 Å². The third-order valence-corrected chi connectivity index (χ3v) is 2.72. The molecule has 0 amide bonds. The van der Waals surface area contributed by atoms with Crippen molar-refractivity contribution in [2.45, 2.75) is 38.8 Å². The van der Waals surface area contributed by atoms with E-state index in [0.29, 0.717) is 19.3 Å². The second kappa shape index (κ2) is 8.19. The summed E-state index contributed by atoms with van der Waals surface area (Å²) in [7, 11) is 0. The van der Waals surface area contributed by atoms with Crippen molar-refractivity contribution < 1.29 is 14.3 Å². The minimum absolute atomic E-state index is 0.112. The van der Waals surface area contributed by atoms with Gasteiger partial charge in [0.1, 0.15) is 18.4 Å². The van der Waals surface area contributed by atoms with Gasteiger partial charge in [0, 0.05) is 6.42 Å². The first-order valence-corrected chi connectivity index (χ1v) is 6.29. The Kier molecular flexibility index (Phi) is 6.50. The van der Waals surface area contributed by atoms with E-state index in [1.165, 1.54) is 6.92 Å². The van der Waals surface area contributed by atoms with Crippen LogP contribution >= 0.6 is 0 Å². The molecule has 102 valence electrons. The Hall–Kier alpha value is -1.97. The molecule has 0 radical (unpaired) electrons. The minimum Gasteiger partial charge on any atom is -0.459 e. The molecule has 19 heavy (non-hydrogen) atoms. The Bertz CT molecular complexity index is 428. The van der Waals surface area contributed by atoms with Crippen LogP contribution in [-0.2, 0) is 20.9 Å². The van der Waals surface area contributed by atoms with E-state index in [9.17, 15) is 9.59 Å². The molecule has 1 aromatic rings. The second-order valence-electron chi connectivity index (χ2n) is 4.39. The van der Waals surface area contributed by atoms with Gasteiger partial charge in [0.15, 0.2) is 0 Å². The number of carbonyl (C=O) groups is 2.